The minimum Gasteiger partial charge on any atom is -0.452 e. The summed E-state index contributed by atoms with van der Waals surface area (Å²) in [5.41, 5.74) is 2.80. The van der Waals surface area contributed by atoms with Crippen LogP contribution in [0.5, 0.6) is 0 Å². The van der Waals surface area contributed by atoms with Gasteiger partial charge in [-0.1, -0.05) is 36.4 Å². The molecule has 0 radical (unpaired) electrons. The van der Waals surface area contributed by atoms with Crippen LogP contribution in [0.3, 0.4) is 0 Å². The minimum atomic E-state index is -0.307. The van der Waals surface area contributed by atoms with Crippen molar-refractivity contribution in [3.05, 3.63) is 95.5 Å². The Hall–Kier alpha value is -3.73. The fourth-order valence-corrected chi connectivity index (χ4v) is 2.93. The predicted octanol–water partition coefficient (Wildman–Crippen LogP) is 4.62. The average molecular weight is 356 g/mol. The van der Waals surface area contributed by atoms with Crippen molar-refractivity contribution < 1.29 is 14.0 Å². The number of carbonyl (C=O) groups is 2. The highest BCUT2D eigenvalue weighted by atomic mass is 16.3. The van der Waals surface area contributed by atoms with E-state index in [0.29, 0.717) is 28.3 Å². The van der Waals surface area contributed by atoms with E-state index in [9.17, 15) is 9.59 Å². The SMILES string of the molecule is Cc1c(C(=O)c2ccccc2)oc2cc(NC(=O)c3ccccn3)ccc12. The molecule has 0 atom stereocenters. The Bertz CT molecular complexity index is 1130. The van der Waals surface area contributed by atoms with Gasteiger partial charge >= 0.3 is 0 Å². The van der Waals surface area contributed by atoms with Gasteiger partial charge in [0.2, 0.25) is 5.78 Å². The van der Waals surface area contributed by atoms with Crippen molar-refractivity contribution in [1.82, 2.24) is 4.98 Å². The summed E-state index contributed by atoms with van der Waals surface area (Å²) in [5.74, 6) is -0.161. The lowest BCUT2D eigenvalue weighted by atomic mass is 10.0. The number of amides is 1. The maximum absolute atomic E-state index is 12.7. The van der Waals surface area contributed by atoms with Gasteiger partial charge in [-0.15, -0.1) is 0 Å². The van der Waals surface area contributed by atoms with Crippen molar-refractivity contribution in [3.63, 3.8) is 0 Å². The topological polar surface area (TPSA) is 72.2 Å². The van der Waals surface area contributed by atoms with Gasteiger partial charge in [-0.3, -0.25) is 14.6 Å². The zero-order valence-electron chi connectivity index (χ0n) is 14.6. The average Bonchev–Trinajstić information content (AvgIpc) is 3.04. The quantitative estimate of drug-likeness (QED) is 0.542. The number of aryl methyl sites for hydroxylation is 1. The van der Waals surface area contributed by atoms with E-state index in [4.69, 9.17) is 4.42 Å². The zero-order chi connectivity index (χ0) is 18.8. The Labute approximate surface area is 155 Å². The van der Waals surface area contributed by atoms with E-state index in [1.807, 2.05) is 31.2 Å². The zero-order valence-corrected chi connectivity index (χ0v) is 14.6. The predicted molar refractivity (Wildman–Crippen MR) is 103 cm³/mol. The highest BCUT2D eigenvalue weighted by Gasteiger charge is 2.19. The number of rotatable bonds is 4. The normalized spacial score (nSPS) is 10.7. The first-order chi connectivity index (χ1) is 13.1. The fraction of sp³-hybridized carbons (Fsp3) is 0.0455. The number of nitrogens with one attached hydrogen (secondary N) is 1. The van der Waals surface area contributed by atoms with E-state index in [0.717, 1.165) is 10.9 Å². The van der Waals surface area contributed by atoms with Gasteiger partial charge in [-0.05, 0) is 31.2 Å². The molecular formula is C22H16N2O3. The van der Waals surface area contributed by atoms with Gasteiger partial charge in [0, 0.05) is 34.5 Å². The standard InChI is InChI=1S/C22H16N2O3/c1-14-17-11-10-16(24-22(26)18-9-5-6-12-23-18)13-19(17)27-21(14)20(25)15-7-3-2-4-8-15/h2-13H,1H3,(H,24,26). The molecule has 2 aromatic heterocycles. The van der Waals surface area contributed by atoms with Gasteiger partial charge in [0.1, 0.15) is 11.3 Å². The van der Waals surface area contributed by atoms with E-state index >= 15 is 0 Å². The lowest BCUT2D eigenvalue weighted by Crippen LogP contribution is -2.13. The summed E-state index contributed by atoms with van der Waals surface area (Å²) in [6, 6.07) is 19.5. The summed E-state index contributed by atoms with van der Waals surface area (Å²) in [5, 5.41) is 3.63. The Morgan fingerprint density at radius 1 is 0.963 bits per heavy atom. The first-order valence-electron chi connectivity index (χ1n) is 8.49. The smallest absolute Gasteiger partial charge is 0.274 e. The molecule has 1 amide bonds. The van der Waals surface area contributed by atoms with Crippen LogP contribution in [-0.4, -0.2) is 16.7 Å². The molecule has 4 rings (SSSR count). The van der Waals surface area contributed by atoms with Crippen LogP contribution in [0.2, 0.25) is 0 Å². The van der Waals surface area contributed by atoms with Crippen LogP contribution in [0.4, 0.5) is 5.69 Å². The number of furan rings is 1. The summed E-state index contributed by atoms with van der Waals surface area (Å²) >= 11 is 0. The molecule has 0 aliphatic carbocycles. The minimum absolute atomic E-state index is 0.164. The van der Waals surface area contributed by atoms with Gasteiger partial charge in [0.15, 0.2) is 5.76 Å². The first kappa shape index (κ1) is 16.7. The molecule has 0 aliphatic rings. The van der Waals surface area contributed by atoms with Crippen molar-refractivity contribution in [1.29, 1.82) is 0 Å². The van der Waals surface area contributed by atoms with Crippen molar-refractivity contribution in [3.8, 4) is 0 Å². The molecule has 1 N–H and O–H groups in total. The number of anilines is 1. The summed E-state index contributed by atoms with van der Waals surface area (Å²) in [6.07, 6.45) is 1.56. The number of hydrogen-bond donors (Lipinski definition) is 1. The van der Waals surface area contributed by atoms with Crippen molar-refractivity contribution in [2.75, 3.05) is 5.32 Å². The number of nitrogens with zero attached hydrogens (tertiary/aromatic N) is 1. The van der Waals surface area contributed by atoms with E-state index in [2.05, 4.69) is 10.3 Å². The largest absolute Gasteiger partial charge is 0.452 e. The van der Waals surface area contributed by atoms with Crippen LogP contribution in [0, 0.1) is 6.92 Å². The second-order valence-corrected chi connectivity index (χ2v) is 6.13. The molecule has 5 heteroatoms. The third-order valence-electron chi connectivity index (χ3n) is 4.34. The van der Waals surface area contributed by atoms with E-state index in [1.54, 1.807) is 48.7 Å². The third kappa shape index (κ3) is 3.22. The van der Waals surface area contributed by atoms with Crippen LogP contribution in [0.25, 0.3) is 11.0 Å². The lowest BCUT2D eigenvalue weighted by Gasteiger charge is -2.04. The summed E-state index contributed by atoms with van der Waals surface area (Å²) in [7, 11) is 0. The van der Waals surface area contributed by atoms with Gasteiger partial charge in [-0.25, -0.2) is 0 Å². The molecule has 0 saturated carbocycles. The Morgan fingerprint density at radius 3 is 2.48 bits per heavy atom. The van der Waals surface area contributed by atoms with Gasteiger partial charge in [0.05, 0.1) is 0 Å². The second kappa shape index (κ2) is 6.88. The molecule has 0 saturated heterocycles. The molecular weight excluding hydrogens is 340 g/mol. The third-order valence-corrected chi connectivity index (χ3v) is 4.34. The summed E-state index contributed by atoms with van der Waals surface area (Å²) < 4.78 is 5.83. The number of hydrogen-bond acceptors (Lipinski definition) is 4. The maximum Gasteiger partial charge on any atom is 0.274 e. The number of benzene rings is 2. The summed E-state index contributed by atoms with van der Waals surface area (Å²) in [6.45, 7) is 1.86. The molecule has 132 valence electrons. The van der Waals surface area contributed by atoms with Gasteiger partial charge < -0.3 is 9.73 Å². The molecule has 0 aliphatic heterocycles. The number of ketones is 1. The first-order valence-corrected chi connectivity index (χ1v) is 8.49. The van der Waals surface area contributed by atoms with Crippen molar-refractivity contribution in [2.45, 2.75) is 6.92 Å². The Morgan fingerprint density at radius 2 is 1.74 bits per heavy atom. The number of carbonyl (C=O) groups excluding carboxylic acids is 2. The van der Waals surface area contributed by atoms with E-state index < -0.39 is 0 Å². The van der Waals surface area contributed by atoms with Crippen LogP contribution in [0.1, 0.15) is 32.2 Å². The van der Waals surface area contributed by atoms with Gasteiger partial charge in [0.25, 0.3) is 5.91 Å². The molecule has 0 unspecified atom stereocenters. The fourth-order valence-electron chi connectivity index (χ4n) is 2.93. The van der Waals surface area contributed by atoms with Gasteiger partial charge in [-0.2, -0.15) is 0 Å². The monoisotopic (exact) mass is 356 g/mol. The number of aromatic nitrogens is 1. The molecule has 4 aromatic rings. The molecule has 2 aromatic carbocycles. The van der Waals surface area contributed by atoms with E-state index in [-0.39, 0.29) is 11.7 Å². The second-order valence-electron chi connectivity index (χ2n) is 6.13. The van der Waals surface area contributed by atoms with E-state index in [1.165, 1.54) is 0 Å². The Kier molecular flexibility index (Phi) is 4.26. The lowest BCUT2D eigenvalue weighted by molar-refractivity contribution is 0.100. The summed E-state index contributed by atoms with van der Waals surface area (Å²) in [4.78, 5) is 29.0. The van der Waals surface area contributed by atoms with Crippen molar-refractivity contribution >= 4 is 28.3 Å². The number of pyridine rings is 1. The molecule has 27 heavy (non-hydrogen) atoms. The highest BCUT2D eigenvalue weighted by Crippen LogP contribution is 2.29. The van der Waals surface area contributed by atoms with Crippen LogP contribution < -0.4 is 5.32 Å². The van der Waals surface area contributed by atoms with Crippen molar-refractivity contribution in [2.24, 2.45) is 0 Å². The number of fused-ring (bicyclic) bond motifs is 1. The molecule has 5 nitrogen and oxygen atoms in total. The van der Waals surface area contributed by atoms with Crippen LogP contribution in [-0.2, 0) is 0 Å². The molecule has 2 heterocycles. The van der Waals surface area contributed by atoms with Crippen LogP contribution >= 0.6 is 0 Å². The van der Waals surface area contributed by atoms with Crippen LogP contribution in [0.15, 0.2) is 77.3 Å². The molecule has 0 bridgehead atoms. The molecule has 0 fully saturated rings. The molecule has 0 spiro atoms. The Balaban J connectivity index is 1.65. The highest BCUT2D eigenvalue weighted by molar-refractivity contribution is 6.11. The maximum atomic E-state index is 12.7.